The van der Waals surface area contributed by atoms with Gasteiger partial charge in [-0.15, -0.1) is 0 Å². The SMILES string of the molecule is CCn1cc(NC(=O)NC2CCOC2)cn1. The number of hydrogen-bond donors (Lipinski definition) is 2. The summed E-state index contributed by atoms with van der Waals surface area (Å²) >= 11 is 0. The number of urea groups is 1. The zero-order chi connectivity index (χ0) is 11.4. The Balaban J connectivity index is 1.81. The summed E-state index contributed by atoms with van der Waals surface area (Å²) < 4.78 is 6.93. The monoisotopic (exact) mass is 224 g/mol. The Bertz CT molecular complexity index is 357. The highest BCUT2D eigenvalue weighted by molar-refractivity contribution is 5.89. The van der Waals surface area contributed by atoms with Crippen LogP contribution in [0.4, 0.5) is 10.5 Å². The van der Waals surface area contributed by atoms with Gasteiger partial charge >= 0.3 is 6.03 Å². The summed E-state index contributed by atoms with van der Waals surface area (Å²) in [6.45, 7) is 4.10. The summed E-state index contributed by atoms with van der Waals surface area (Å²) in [5, 5.41) is 9.65. The lowest BCUT2D eigenvalue weighted by Gasteiger charge is -2.10. The minimum Gasteiger partial charge on any atom is -0.379 e. The summed E-state index contributed by atoms with van der Waals surface area (Å²) in [6, 6.07) is -0.0765. The Hall–Kier alpha value is -1.56. The van der Waals surface area contributed by atoms with Gasteiger partial charge in [-0.3, -0.25) is 4.68 Å². The van der Waals surface area contributed by atoms with Crippen molar-refractivity contribution < 1.29 is 9.53 Å². The van der Waals surface area contributed by atoms with Crippen LogP contribution >= 0.6 is 0 Å². The lowest BCUT2D eigenvalue weighted by Crippen LogP contribution is -2.38. The van der Waals surface area contributed by atoms with E-state index in [2.05, 4.69) is 15.7 Å². The molecule has 1 aromatic heterocycles. The van der Waals surface area contributed by atoms with Crippen LogP contribution < -0.4 is 10.6 Å². The van der Waals surface area contributed by atoms with Crippen molar-refractivity contribution in [1.29, 1.82) is 0 Å². The van der Waals surface area contributed by atoms with E-state index < -0.39 is 0 Å². The van der Waals surface area contributed by atoms with E-state index in [1.54, 1.807) is 17.1 Å². The largest absolute Gasteiger partial charge is 0.379 e. The first kappa shape index (κ1) is 10.9. The molecule has 1 unspecified atom stereocenters. The minimum absolute atomic E-state index is 0.126. The first-order valence-electron chi connectivity index (χ1n) is 5.45. The summed E-state index contributed by atoms with van der Waals surface area (Å²) in [4.78, 5) is 11.6. The Morgan fingerprint density at radius 3 is 3.25 bits per heavy atom. The van der Waals surface area contributed by atoms with Crippen molar-refractivity contribution in [1.82, 2.24) is 15.1 Å². The molecule has 1 aromatic rings. The topological polar surface area (TPSA) is 68.2 Å². The molecule has 88 valence electrons. The fourth-order valence-corrected chi connectivity index (χ4v) is 1.60. The molecular formula is C10H16N4O2. The number of carbonyl (C=O) groups excluding carboxylic acids is 1. The predicted molar refractivity (Wildman–Crippen MR) is 59.3 cm³/mol. The van der Waals surface area contributed by atoms with E-state index >= 15 is 0 Å². The van der Waals surface area contributed by atoms with Gasteiger partial charge in [0.15, 0.2) is 0 Å². The van der Waals surface area contributed by atoms with Gasteiger partial charge in [-0.1, -0.05) is 0 Å². The number of amides is 2. The van der Waals surface area contributed by atoms with Crippen LogP contribution in [0, 0.1) is 0 Å². The van der Waals surface area contributed by atoms with Gasteiger partial charge in [-0.05, 0) is 13.3 Å². The maximum Gasteiger partial charge on any atom is 0.319 e. The molecule has 6 heteroatoms. The Labute approximate surface area is 94.0 Å². The van der Waals surface area contributed by atoms with Crippen LogP contribution in [0.15, 0.2) is 12.4 Å². The second-order valence-corrected chi connectivity index (χ2v) is 3.74. The molecule has 2 rings (SSSR count). The van der Waals surface area contributed by atoms with E-state index in [-0.39, 0.29) is 12.1 Å². The van der Waals surface area contributed by atoms with E-state index in [0.29, 0.717) is 12.3 Å². The van der Waals surface area contributed by atoms with E-state index in [1.807, 2.05) is 6.92 Å². The second kappa shape index (κ2) is 4.98. The third-order valence-corrected chi connectivity index (χ3v) is 2.48. The number of ether oxygens (including phenoxy) is 1. The van der Waals surface area contributed by atoms with Crippen LogP contribution in [0.1, 0.15) is 13.3 Å². The average Bonchev–Trinajstić information content (AvgIpc) is 2.89. The summed E-state index contributed by atoms with van der Waals surface area (Å²) in [6.07, 6.45) is 4.31. The van der Waals surface area contributed by atoms with E-state index in [4.69, 9.17) is 4.74 Å². The zero-order valence-electron chi connectivity index (χ0n) is 9.27. The van der Waals surface area contributed by atoms with Crippen molar-refractivity contribution in [3.8, 4) is 0 Å². The number of rotatable bonds is 3. The van der Waals surface area contributed by atoms with Gasteiger partial charge in [0.1, 0.15) is 0 Å². The molecular weight excluding hydrogens is 208 g/mol. The highest BCUT2D eigenvalue weighted by Gasteiger charge is 2.17. The molecule has 0 radical (unpaired) electrons. The van der Waals surface area contributed by atoms with Crippen molar-refractivity contribution in [2.45, 2.75) is 25.9 Å². The third kappa shape index (κ3) is 2.73. The van der Waals surface area contributed by atoms with Gasteiger partial charge < -0.3 is 15.4 Å². The average molecular weight is 224 g/mol. The van der Waals surface area contributed by atoms with Gasteiger partial charge in [-0.2, -0.15) is 5.10 Å². The highest BCUT2D eigenvalue weighted by atomic mass is 16.5. The molecule has 1 atom stereocenters. The van der Waals surface area contributed by atoms with E-state index in [0.717, 1.165) is 19.6 Å². The number of anilines is 1. The molecule has 1 aliphatic rings. The van der Waals surface area contributed by atoms with Crippen LogP contribution in [-0.4, -0.2) is 35.1 Å². The van der Waals surface area contributed by atoms with E-state index in [1.165, 1.54) is 0 Å². The van der Waals surface area contributed by atoms with Crippen molar-refractivity contribution >= 4 is 11.7 Å². The molecule has 1 saturated heterocycles. The number of aromatic nitrogens is 2. The van der Waals surface area contributed by atoms with Crippen LogP contribution in [0.3, 0.4) is 0 Å². The molecule has 2 heterocycles. The van der Waals surface area contributed by atoms with Gasteiger partial charge in [0.2, 0.25) is 0 Å². The molecule has 0 bridgehead atoms. The molecule has 6 nitrogen and oxygen atoms in total. The Morgan fingerprint density at radius 2 is 2.62 bits per heavy atom. The highest BCUT2D eigenvalue weighted by Crippen LogP contribution is 2.06. The molecule has 0 aromatic carbocycles. The minimum atomic E-state index is -0.203. The number of nitrogens with zero attached hydrogens (tertiary/aromatic N) is 2. The maximum absolute atomic E-state index is 11.6. The molecule has 1 fully saturated rings. The van der Waals surface area contributed by atoms with Crippen molar-refractivity contribution in [3.63, 3.8) is 0 Å². The molecule has 0 spiro atoms. The van der Waals surface area contributed by atoms with E-state index in [9.17, 15) is 4.79 Å². The second-order valence-electron chi connectivity index (χ2n) is 3.74. The molecule has 2 amide bonds. The first-order valence-corrected chi connectivity index (χ1v) is 5.45. The normalized spacial score (nSPS) is 19.7. The van der Waals surface area contributed by atoms with Crippen LogP contribution in [-0.2, 0) is 11.3 Å². The molecule has 1 aliphatic heterocycles. The van der Waals surface area contributed by atoms with Gasteiger partial charge in [0.05, 0.1) is 24.5 Å². The van der Waals surface area contributed by atoms with Gasteiger partial charge in [-0.25, -0.2) is 4.79 Å². The molecule has 2 N–H and O–H groups in total. The standard InChI is InChI=1S/C10H16N4O2/c1-2-14-6-9(5-11-14)13-10(15)12-8-3-4-16-7-8/h5-6,8H,2-4,7H2,1H3,(H2,12,13,15). The number of carbonyl (C=O) groups is 1. The van der Waals surface area contributed by atoms with Crippen molar-refractivity contribution in [2.24, 2.45) is 0 Å². The lowest BCUT2D eigenvalue weighted by molar-refractivity contribution is 0.189. The predicted octanol–water partition coefficient (Wildman–Crippen LogP) is 0.813. The number of nitrogens with one attached hydrogen (secondary N) is 2. The lowest BCUT2D eigenvalue weighted by atomic mass is 10.3. The fraction of sp³-hybridized carbons (Fsp3) is 0.600. The third-order valence-electron chi connectivity index (χ3n) is 2.48. The van der Waals surface area contributed by atoms with Crippen LogP contribution in [0.5, 0.6) is 0 Å². The van der Waals surface area contributed by atoms with Crippen LogP contribution in [0.2, 0.25) is 0 Å². The Kier molecular flexibility index (Phi) is 3.40. The van der Waals surface area contributed by atoms with Crippen molar-refractivity contribution in [2.75, 3.05) is 18.5 Å². The smallest absolute Gasteiger partial charge is 0.319 e. The molecule has 0 saturated carbocycles. The van der Waals surface area contributed by atoms with Gasteiger partial charge in [0.25, 0.3) is 0 Å². The number of hydrogen-bond acceptors (Lipinski definition) is 3. The zero-order valence-corrected chi connectivity index (χ0v) is 9.27. The summed E-state index contributed by atoms with van der Waals surface area (Å²) in [7, 11) is 0. The fourth-order valence-electron chi connectivity index (χ4n) is 1.60. The summed E-state index contributed by atoms with van der Waals surface area (Å²) in [5.41, 5.74) is 0.707. The number of aryl methyl sites for hydroxylation is 1. The maximum atomic E-state index is 11.6. The van der Waals surface area contributed by atoms with Gasteiger partial charge in [0, 0.05) is 19.3 Å². The molecule has 0 aliphatic carbocycles. The quantitative estimate of drug-likeness (QED) is 0.798. The molecule has 16 heavy (non-hydrogen) atoms. The van der Waals surface area contributed by atoms with Crippen LogP contribution in [0.25, 0.3) is 0 Å². The Morgan fingerprint density at radius 1 is 1.75 bits per heavy atom. The first-order chi connectivity index (χ1) is 7.78. The summed E-state index contributed by atoms with van der Waals surface area (Å²) in [5.74, 6) is 0. The van der Waals surface area contributed by atoms with Crippen molar-refractivity contribution in [3.05, 3.63) is 12.4 Å².